The van der Waals surface area contributed by atoms with Gasteiger partial charge < -0.3 is 30.5 Å². The number of ketones is 1. The maximum absolute atomic E-state index is 14.5. The second-order valence-corrected chi connectivity index (χ2v) is 13.4. The van der Waals surface area contributed by atoms with E-state index in [9.17, 15) is 19.5 Å². The summed E-state index contributed by atoms with van der Waals surface area (Å²) >= 11 is 0. The summed E-state index contributed by atoms with van der Waals surface area (Å²) in [6.07, 6.45) is 8.16. The van der Waals surface area contributed by atoms with E-state index in [4.69, 9.17) is 9.47 Å². The second-order valence-electron chi connectivity index (χ2n) is 13.4. The Hall–Kier alpha value is -4.11. The van der Waals surface area contributed by atoms with Crippen molar-refractivity contribution in [2.75, 3.05) is 12.4 Å². The molecular weight excluding hydrogens is 582 g/mol. The number of benzene rings is 2. The summed E-state index contributed by atoms with van der Waals surface area (Å²) in [5, 5.41) is 21.2. The van der Waals surface area contributed by atoms with E-state index in [0.29, 0.717) is 34.9 Å². The number of amides is 3. The molecule has 3 amide bonds. The van der Waals surface area contributed by atoms with Gasteiger partial charge in [0.15, 0.2) is 11.4 Å². The number of alkyl carbamates (subject to hydrolysis) is 1. The zero-order valence-electron chi connectivity index (χ0n) is 27.7. The number of allylic oxidation sites excluding steroid dienone is 1. The molecule has 4 N–H and O–H groups in total. The van der Waals surface area contributed by atoms with Crippen molar-refractivity contribution in [1.29, 1.82) is 0 Å². The number of methoxy groups -OCH3 is 1. The molecule has 2 aliphatic rings. The Kier molecular flexibility index (Phi) is 11.7. The Morgan fingerprint density at radius 2 is 1.61 bits per heavy atom. The van der Waals surface area contributed by atoms with E-state index in [1.807, 2.05) is 57.2 Å². The van der Waals surface area contributed by atoms with Gasteiger partial charge in [-0.3, -0.25) is 4.79 Å². The number of anilines is 1. The van der Waals surface area contributed by atoms with Crippen molar-refractivity contribution in [3.05, 3.63) is 89.2 Å². The summed E-state index contributed by atoms with van der Waals surface area (Å²) in [5.74, 6) is 0.363. The van der Waals surface area contributed by atoms with Crippen molar-refractivity contribution in [3.63, 3.8) is 0 Å². The van der Waals surface area contributed by atoms with Gasteiger partial charge in [0.25, 0.3) is 0 Å². The van der Waals surface area contributed by atoms with Crippen LogP contribution in [0.1, 0.15) is 78.2 Å². The number of hydrogen-bond donors (Lipinski definition) is 4. The van der Waals surface area contributed by atoms with Crippen molar-refractivity contribution in [2.45, 2.75) is 96.9 Å². The molecule has 1 fully saturated rings. The van der Waals surface area contributed by atoms with E-state index < -0.39 is 41.0 Å². The van der Waals surface area contributed by atoms with Crippen molar-refractivity contribution in [3.8, 4) is 0 Å². The number of hydrogen-bond acceptors (Lipinski definition) is 6. The third-order valence-electron chi connectivity index (χ3n) is 8.97. The molecule has 2 aromatic carbocycles. The van der Waals surface area contributed by atoms with Crippen LogP contribution in [0.4, 0.5) is 15.3 Å². The van der Waals surface area contributed by atoms with Crippen LogP contribution in [0.25, 0.3) is 0 Å². The maximum atomic E-state index is 14.5. The fourth-order valence-corrected chi connectivity index (χ4v) is 6.59. The smallest absolute Gasteiger partial charge is 0.408 e. The number of aliphatic hydroxyl groups is 1. The summed E-state index contributed by atoms with van der Waals surface area (Å²) in [6, 6.07) is 15.3. The molecule has 1 saturated carbocycles. The normalized spacial score (nSPS) is 21.1. The zero-order valence-corrected chi connectivity index (χ0v) is 27.7. The first-order valence-electron chi connectivity index (χ1n) is 16.3. The van der Waals surface area contributed by atoms with E-state index in [-0.39, 0.29) is 6.61 Å². The lowest BCUT2D eigenvalue weighted by molar-refractivity contribution is -0.138. The monoisotopic (exact) mass is 631 g/mol. The molecule has 248 valence electrons. The average molecular weight is 632 g/mol. The van der Waals surface area contributed by atoms with Gasteiger partial charge in [0, 0.05) is 5.69 Å². The molecule has 2 aromatic rings. The fourth-order valence-electron chi connectivity index (χ4n) is 6.59. The van der Waals surface area contributed by atoms with Gasteiger partial charge in [0.1, 0.15) is 12.4 Å². The highest BCUT2D eigenvalue weighted by molar-refractivity contribution is 5.99. The van der Waals surface area contributed by atoms with Crippen LogP contribution in [0.15, 0.2) is 83.6 Å². The molecule has 46 heavy (non-hydrogen) atoms. The van der Waals surface area contributed by atoms with Crippen LogP contribution in [0.5, 0.6) is 0 Å². The highest BCUT2D eigenvalue weighted by Crippen LogP contribution is 2.45. The Morgan fingerprint density at radius 1 is 0.978 bits per heavy atom. The molecule has 3 atom stereocenters. The molecule has 9 heteroatoms. The van der Waals surface area contributed by atoms with Crippen LogP contribution in [0, 0.1) is 11.3 Å². The van der Waals surface area contributed by atoms with Crippen molar-refractivity contribution in [1.82, 2.24) is 10.6 Å². The van der Waals surface area contributed by atoms with Crippen molar-refractivity contribution in [2.24, 2.45) is 11.3 Å². The van der Waals surface area contributed by atoms with Crippen molar-refractivity contribution >= 4 is 23.6 Å². The minimum Gasteiger partial charge on any atom is -0.497 e. The number of rotatable bonds is 11. The van der Waals surface area contributed by atoms with Gasteiger partial charge in [-0.25, -0.2) is 9.59 Å². The minimum absolute atomic E-state index is 0.0279. The number of urea groups is 1. The lowest BCUT2D eigenvalue weighted by Crippen LogP contribution is -2.66. The summed E-state index contributed by atoms with van der Waals surface area (Å²) in [5.41, 5.74) is -0.546. The molecule has 2 unspecified atom stereocenters. The number of carbonyl (C=O) groups is 3. The van der Waals surface area contributed by atoms with Crippen LogP contribution < -0.4 is 16.0 Å². The standard InChI is InChI=1S/C37H49N3O6/c1-25(38-35(43)46-24-27-17-11-7-12-18-27)33(41)37(44)31(36(2,3)4)23-30(45-5)29(22-21-26-15-9-6-10-16-26)32(37)40-34(42)39-28-19-13-8-14-20-28/h7-8,11-14,17-20,23,25-26,32,44H,6,9-10,15-16,21-22,24H2,1-5H3,(H,38,43)(H2,39,40,42)/t25-,32?,37?/m0/s1. The van der Waals surface area contributed by atoms with Crippen molar-refractivity contribution < 1.29 is 29.0 Å². The number of ether oxygens (including phenoxy) is 2. The third kappa shape index (κ3) is 8.57. The summed E-state index contributed by atoms with van der Waals surface area (Å²) in [7, 11) is 1.56. The van der Waals surface area contributed by atoms with Crippen LogP contribution >= 0.6 is 0 Å². The van der Waals surface area contributed by atoms with Gasteiger partial charge in [-0.15, -0.1) is 0 Å². The molecular formula is C37H49N3O6. The molecule has 9 nitrogen and oxygen atoms in total. The summed E-state index contributed by atoms with van der Waals surface area (Å²) in [4.78, 5) is 40.8. The largest absolute Gasteiger partial charge is 0.497 e. The van der Waals surface area contributed by atoms with Gasteiger partial charge in [-0.2, -0.15) is 0 Å². The third-order valence-corrected chi connectivity index (χ3v) is 8.97. The Labute approximate surface area is 272 Å². The Bertz CT molecular complexity index is 1410. The average Bonchev–Trinajstić information content (AvgIpc) is 3.04. The number of carbonyl (C=O) groups excluding carboxylic acids is 3. The first-order chi connectivity index (χ1) is 21.9. The van der Waals surface area contributed by atoms with E-state index in [0.717, 1.165) is 24.8 Å². The quantitative estimate of drug-likeness (QED) is 0.211. The lowest BCUT2D eigenvalue weighted by atomic mass is 9.64. The van der Waals surface area contributed by atoms with E-state index in [1.54, 1.807) is 37.5 Å². The van der Waals surface area contributed by atoms with E-state index in [1.165, 1.54) is 26.2 Å². The molecule has 0 heterocycles. The highest BCUT2D eigenvalue weighted by atomic mass is 16.5. The van der Waals surface area contributed by atoms with E-state index >= 15 is 0 Å². The zero-order chi connectivity index (χ0) is 33.3. The topological polar surface area (TPSA) is 126 Å². The predicted octanol–water partition coefficient (Wildman–Crippen LogP) is 7.04. The van der Waals surface area contributed by atoms with Gasteiger partial charge >= 0.3 is 12.1 Å². The first-order valence-corrected chi connectivity index (χ1v) is 16.3. The molecule has 0 aliphatic heterocycles. The molecule has 0 saturated heterocycles. The SMILES string of the molecule is COC1=C(CCC2CCCCC2)C(NC(=O)Nc2ccccc2)C(O)(C(=O)[C@H](C)NC(=O)OCc2ccccc2)C(C(C)(C)C)=C1. The number of para-hydroxylation sites is 1. The number of nitrogens with one attached hydrogen (secondary N) is 3. The summed E-state index contributed by atoms with van der Waals surface area (Å²) in [6.45, 7) is 7.23. The number of Topliss-reactive ketones (excluding diaryl/α,β-unsaturated/α-hetero) is 1. The maximum Gasteiger partial charge on any atom is 0.408 e. The fraction of sp³-hybridized carbons (Fsp3) is 0.486. The predicted molar refractivity (Wildman–Crippen MR) is 179 cm³/mol. The van der Waals surface area contributed by atoms with Crippen LogP contribution in [-0.4, -0.2) is 47.8 Å². The van der Waals surface area contributed by atoms with Gasteiger partial charge in [-0.05, 0) is 66.0 Å². The lowest BCUT2D eigenvalue weighted by Gasteiger charge is -2.46. The second kappa shape index (κ2) is 15.5. The Balaban J connectivity index is 1.67. The molecule has 4 rings (SSSR count). The molecule has 0 aromatic heterocycles. The molecule has 0 bridgehead atoms. The Morgan fingerprint density at radius 3 is 2.22 bits per heavy atom. The highest BCUT2D eigenvalue weighted by Gasteiger charge is 2.56. The molecule has 0 radical (unpaired) electrons. The van der Waals surface area contributed by atoms with Crippen LogP contribution in [0.3, 0.4) is 0 Å². The summed E-state index contributed by atoms with van der Waals surface area (Å²) < 4.78 is 11.3. The molecule has 0 spiro atoms. The van der Waals surface area contributed by atoms with Crippen LogP contribution in [-0.2, 0) is 20.9 Å². The minimum atomic E-state index is -2.21. The van der Waals surface area contributed by atoms with Gasteiger partial charge in [0.2, 0.25) is 0 Å². The molecule has 2 aliphatic carbocycles. The van der Waals surface area contributed by atoms with E-state index in [2.05, 4.69) is 16.0 Å². The first kappa shape index (κ1) is 34.8. The van der Waals surface area contributed by atoms with Gasteiger partial charge in [0.05, 0.1) is 19.2 Å². The van der Waals surface area contributed by atoms with Crippen LogP contribution in [0.2, 0.25) is 0 Å². The van der Waals surface area contributed by atoms with Gasteiger partial charge in [-0.1, -0.05) is 101 Å².